The van der Waals surface area contributed by atoms with Gasteiger partial charge in [0.05, 0.1) is 13.3 Å². The van der Waals surface area contributed by atoms with Gasteiger partial charge in [0.2, 0.25) is 5.95 Å². The molecular weight excluding hydrogens is 364 g/mol. The van der Waals surface area contributed by atoms with Crippen molar-refractivity contribution in [1.29, 1.82) is 0 Å². The molecule has 1 aliphatic rings. The van der Waals surface area contributed by atoms with Crippen LogP contribution in [-0.4, -0.2) is 53.4 Å². The van der Waals surface area contributed by atoms with Gasteiger partial charge in [0.25, 0.3) is 0 Å². The number of nitrogens with zero attached hydrogens (tertiary/aromatic N) is 5. The summed E-state index contributed by atoms with van der Waals surface area (Å²) in [5.74, 6) is 2.27. The fraction of sp³-hybridized carbons (Fsp3) is 0.318. The smallest absolute Gasteiger partial charge is 0.247 e. The van der Waals surface area contributed by atoms with E-state index in [9.17, 15) is 0 Å². The highest BCUT2D eigenvalue weighted by Gasteiger charge is 2.19. The van der Waals surface area contributed by atoms with Gasteiger partial charge in [-0.2, -0.15) is 10.1 Å². The largest absolute Gasteiger partial charge is 0.497 e. The molecule has 7 nitrogen and oxygen atoms in total. The maximum atomic E-state index is 5.20. The first-order valence-corrected chi connectivity index (χ1v) is 9.88. The number of piperazine rings is 1. The molecule has 0 bridgehead atoms. The number of hydrogen-bond donors (Lipinski definition) is 1. The number of aromatic nitrogens is 3. The minimum Gasteiger partial charge on any atom is -0.497 e. The van der Waals surface area contributed by atoms with Crippen molar-refractivity contribution < 1.29 is 4.74 Å². The number of anilines is 2. The van der Waals surface area contributed by atoms with Crippen LogP contribution >= 0.6 is 0 Å². The predicted molar refractivity (Wildman–Crippen MR) is 114 cm³/mol. The first-order chi connectivity index (χ1) is 14.3. The Morgan fingerprint density at radius 2 is 1.69 bits per heavy atom. The van der Waals surface area contributed by atoms with Crippen LogP contribution in [0.2, 0.25) is 0 Å². The zero-order valence-electron chi connectivity index (χ0n) is 16.7. The Balaban J connectivity index is 1.30. The van der Waals surface area contributed by atoms with E-state index in [2.05, 4.69) is 60.6 Å². The summed E-state index contributed by atoms with van der Waals surface area (Å²) in [6.07, 6.45) is 1.67. The molecule has 1 aromatic heterocycles. The van der Waals surface area contributed by atoms with E-state index in [1.165, 1.54) is 5.56 Å². The molecule has 0 aliphatic carbocycles. The molecule has 2 aromatic carbocycles. The molecule has 3 aromatic rings. The van der Waals surface area contributed by atoms with Gasteiger partial charge < -0.3 is 15.0 Å². The monoisotopic (exact) mass is 390 g/mol. The molecule has 1 saturated heterocycles. The fourth-order valence-corrected chi connectivity index (χ4v) is 3.40. The summed E-state index contributed by atoms with van der Waals surface area (Å²) in [6.45, 7) is 5.43. The van der Waals surface area contributed by atoms with Crippen LogP contribution in [-0.2, 0) is 13.1 Å². The van der Waals surface area contributed by atoms with Crippen LogP contribution in [0.4, 0.5) is 11.8 Å². The lowest BCUT2D eigenvalue weighted by molar-refractivity contribution is 0.248. The molecule has 1 aliphatic heterocycles. The standard InChI is InChI=1S/C22H26N6O/c1-29-20-9-7-18(8-10-20)15-23-21-16-24-26-22(25-21)28-13-11-27(12-14-28)17-19-5-3-2-4-6-19/h2-10,16H,11-15,17H2,1H3,(H,23,25,26). The van der Waals surface area contributed by atoms with Gasteiger partial charge in [-0.05, 0) is 23.3 Å². The van der Waals surface area contributed by atoms with E-state index < -0.39 is 0 Å². The fourth-order valence-electron chi connectivity index (χ4n) is 3.40. The van der Waals surface area contributed by atoms with Gasteiger partial charge >= 0.3 is 0 Å². The third kappa shape index (κ3) is 5.20. The Kier molecular flexibility index (Phi) is 6.16. The highest BCUT2D eigenvalue weighted by Crippen LogP contribution is 2.16. The Bertz CT molecular complexity index is 895. The molecule has 0 radical (unpaired) electrons. The zero-order chi connectivity index (χ0) is 19.9. The average Bonchev–Trinajstić information content (AvgIpc) is 2.79. The number of methoxy groups -OCH3 is 1. The molecule has 0 saturated carbocycles. The minimum absolute atomic E-state index is 0.674. The van der Waals surface area contributed by atoms with Crippen molar-refractivity contribution in [3.8, 4) is 5.75 Å². The van der Waals surface area contributed by atoms with Gasteiger partial charge in [0.1, 0.15) is 5.75 Å². The summed E-state index contributed by atoms with van der Waals surface area (Å²) < 4.78 is 5.20. The maximum Gasteiger partial charge on any atom is 0.247 e. The van der Waals surface area contributed by atoms with Crippen molar-refractivity contribution >= 4 is 11.8 Å². The van der Waals surface area contributed by atoms with Crippen molar-refractivity contribution in [2.75, 3.05) is 43.5 Å². The summed E-state index contributed by atoms with van der Waals surface area (Å²) >= 11 is 0. The lowest BCUT2D eigenvalue weighted by Crippen LogP contribution is -2.46. The Morgan fingerprint density at radius 1 is 0.931 bits per heavy atom. The van der Waals surface area contributed by atoms with Gasteiger partial charge in [-0.25, -0.2) is 0 Å². The predicted octanol–water partition coefficient (Wildman–Crippen LogP) is 2.81. The lowest BCUT2D eigenvalue weighted by atomic mass is 10.2. The summed E-state index contributed by atoms with van der Waals surface area (Å²) in [5.41, 5.74) is 2.50. The first kappa shape index (κ1) is 19.1. The molecule has 2 heterocycles. The molecule has 1 N–H and O–H groups in total. The number of benzene rings is 2. The van der Waals surface area contributed by atoms with Gasteiger partial charge in [0, 0.05) is 39.3 Å². The summed E-state index contributed by atoms with van der Waals surface area (Å²) in [6, 6.07) is 18.6. The maximum absolute atomic E-state index is 5.20. The molecule has 0 spiro atoms. The van der Waals surface area contributed by atoms with Crippen LogP contribution in [0.3, 0.4) is 0 Å². The van der Waals surface area contributed by atoms with Crippen LogP contribution in [0.15, 0.2) is 60.8 Å². The SMILES string of the molecule is COc1ccc(CNc2cnnc(N3CCN(Cc4ccccc4)CC3)n2)cc1. The summed E-state index contributed by atoms with van der Waals surface area (Å²) in [4.78, 5) is 9.32. The Morgan fingerprint density at radius 3 is 2.41 bits per heavy atom. The van der Waals surface area contributed by atoms with Crippen LogP contribution in [0.25, 0.3) is 0 Å². The van der Waals surface area contributed by atoms with E-state index in [1.807, 2.05) is 24.3 Å². The number of rotatable bonds is 7. The third-order valence-electron chi connectivity index (χ3n) is 5.08. The molecule has 0 amide bonds. The minimum atomic E-state index is 0.674. The molecular formula is C22H26N6O. The van der Waals surface area contributed by atoms with Crippen LogP contribution < -0.4 is 15.0 Å². The van der Waals surface area contributed by atoms with E-state index >= 15 is 0 Å². The van der Waals surface area contributed by atoms with Crippen LogP contribution in [0.5, 0.6) is 5.75 Å². The highest BCUT2D eigenvalue weighted by atomic mass is 16.5. The summed E-state index contributed by atoms with van der Waals surface area (Å²) in [7, 11) is 1.67. The molecule has 0 unspecified atom stereocenters. The average molecular weight is 390 g/mol. The summed E-state index contributed by atoms with van der Waals surface area (Å²) in [5, 5.41) is 11.7. The molecule has 1 fully saturated rings. The highest BCUT2D eigenvalue weighted by molar-refractivity contribution is 5.40. The second kappa shape index (κ2) is 9.34. The lowest BCUT2D eigenvalue weighted by Gasteiger charge is -2.34. The van der Waals surface area contributed by atoms with E-state index in [0.29, 0.717) is 12.5 Å². The number of ether oxygens (including phenoxy) is 1. The third-order valence-corrected chi connectivity index (χ3v) is 5.08. The van der Waals surface area contributed by atoms with Gasteiger partial charge in [-0.3, -0.25) is 4.90 Å². The molecule has 150 valence electrons. The number of nitrogens with one attached hydrogen (secondary N) is 1. The van der Waals surface area contributed by atoms with E-state index in [0.717, 1.165) is 49.9 Å². The quantitative estimate of drug-likeness (QED) is 0.665. The van der Waals surface area contributed by atoms with Gasteiger partial charge in [-0.1, -0.05) is 42.5 Å². The van der Waals surface area contributed by atoms with E-state index in [4.69, 9.17) is 4.74 Å². The number of hydrogen-bond acceptors (Lipinski definition) is 7. The van der Waals surface area contributed by atoms with Crippen molar-refractivity contribution in [3.63, 3.8) is 0 Å². The second-order valence-corrected chi connectivity index (χ2v) is 7.09. The van der Waals surface area contributed by atoms with Crippen molar-refractivity contribution in [2.45, 2.75) is 13.1 Å². The van der Waals surface area contributed by atoms with Crippen molar-refractivity contribution in [2.24, 2.45) is 0 Å². The molecule has 0 atom stereocenters. The Hall–Kier alpha value is -3.19. The normalized spacial score (nSPS) is 14.6. The first-order valence-electron chi connectivity index (χ1n) is 9.88. The van der Waals surface area contributed by atoms with Crippen molar-refractivity contribution in [1.82, 2.24) is 20.1 Å². The van der Waals surface area contributed by atoms with Crippen LogP contribution in [0, 0.1) is 0 Å². The zero-order valence-corrected chi connectivity index (χ0v) is 16.7. The van der Waals surface area contributed by atoms with Crippen LogP contribution in [0.1, 0.15) is 11.1 Å². The van der Waals surface area contributed by atoms with E-state index in [1.54, 1.807) is 13.3 Å². The van der Waals surface area contributed by atoms with Gasteiger partial charge in [0.15, 0.2) is 5.82 Å². The van der Waals surface area contributed by atoms with Gasteiger partial charge in [-0.15, -0.1) is 5.10 Å². The molecule has 7 heteroatoms. The Labute approximate surface area is 171 Å². The second-order valence-electron chi connectivity index (χ2n) is 7.09. The van der Waals surface area contributed by atoms with E-state index in [-0.39, 0.29) is 0 Å². The molecule has 29 heavy (non-hydrogen) atoms. The topological polar surface area (TPSA) is 66.4 Å². The van der Waals surface area contributed by atoms with Crippen molar-refractivity contribution in [3.05, 3.63) is 71.9 Å². The molecule has 4 rings (SSSR count).